The predicted molar refractivity (Wildman–Crippen MR) is 101 cm³/mol. The van der Waals surface area contributed by atoms with Crippen LogP contribution in [0.15, 0.2) is 55.1 Å². The van der Waals surface area contributed by atoms with Gasteiger partial charge in [-0.15, -0.1) is 7.92 Å². The molecule has 1 aliphatic rings. The minimum atomic E-state index is -0.0790. The van der Waals surface area contributed by atoms with Crippen molar-refractivity contribution < 1.29 is 4.79 Å². The van der Waals surface area contributed by atoms with Crippen molar-refractivity contribution in [1.82, 2.24) is 0 Å². The summed E-state index contributed by atoms with van der Waals surface area (Å²) in [4.78, 5) is 11.5. The Labute approximate surface area is 140 Å². The van der Waals surface area contributed by atoms with Gasteiger partial charge >= 0.3 is 0 Å². The van der Waals surface area contributed by atoms with Crippen molar-refractivity contribution in [2.45, 2.75) is 24.4 Å². The Balaban J connectivity index is 1.79. The van der Waals surface area contributed by atoms with Gasteiger partial charge in [-0.2, -0.15) is 0 Å². The smallest absolute Gasteiger partial charge is 0.150 e. The fourth-order valence-electron chi connectivity index (χ4n) is 3.39. The molecule has 3 rings (SSSR count). The minimum absolute atomic E-state index is 0.0790. The van der Waals surface area contributed by atoms with Gasteiger partial charge < -0.3 is 0 Å². The normalized spacial score (nSPS) is 16.6. The van der Waals surface area contributed by atoms with Crippen LogP contribution in [0.5, 0.6) is 0 Å². The summed E-state index contributed by atoms with van der Waals surface area (Å²) in [5, 5.41) is 0. The van der Waals surface area contributed by atoms with E-state index in [-0.39, 0.29) is 13.3 Å². The average molecular weight is 322 g/mol. The molecule has 0 saturated heterocycles. The van der Waals surface area contributed by atoms with Crippen LogP contribution < -0.4 is 0 Å². The zero-order valence-corrected chi connectivity index (χ0v) is 14.6. The third-order valence-electron chi connectivity index (χ3n) is 4.73. The van der Waals surface area contributed by atoms with E-state index in [1.165, 1.54) is 30.1 Å². The quantitative estimate of drug-likeness (QED) is 0.487. The molecule has 0 aliphatic heterocycles. The maximum absolute atomic E-state index is 11.5. The van der Waals surface area contributed by atoms with Crippen molar-refractivity contribution in [2.24, 2.45) is 0 Å². The van der Waals surface area contributed by atoms with Gasteiger partial charge in [-0.25, -0.2) is 0 Å². The first-order valence-electron chi connectivity index (χ1n) is 8.11. The number of carbonyl (C=O) groups excluding carboxylic acids is 1. The minimum Gasteiger partial charge on any atom is -0.298 e. The SMILES string of the molecule is C=Cc1ccc(C=O)c(C2(CP(C)Cc3ccccc3)CC2)c1. The molecule has 0 aromatic heterocycles. The molecule has 1 saturated carbocycles. The van der Waals surface area contributed by atoms with Gasteiger partial charge in [-0.1, -0.05) is 61.2 Å². The molecular weight excluding hydrogens is 299 g/mol. The first-order chi connectivity index (χ1) is 11.2. The third-order valence-corrected chi connectivity index (χ3v) is 6.78. The van der Waals surface area contributed by atoms with E-state index in [9.17, 15) is 4.79 Å². The summed E-state index contributed by atoms with van der Waals surface area (Å²) in [5.41, 5.74) is 4.86. The predicted octanol–water partition coefficient (Wildman–Crippen LogP) is 5.49. The molecule has 2 aromatic rings. The van der Waals surface area contributed by atoms with E-state index in [1.54, 1.807) is 0 Å². The lowest BCUT2D eigenvalue weighted by Crippen LogP contribution is -2.14. The molecule has 23 heavy (non-hydrogen) atoms. The molecule has 0 spiro atoms. The topological polar surface area (TPSA) is 17.1 Å². The van der Waals surface area contributed by atoms with Crippen molar-refractivity contribution in [3.05, 3.63) is 77.4 Å². The lowest BCUT2D eigenvalue weighted by atomic mass is 9.91. The summed E-state index contributed by atoms with van der Waals surface area (Å²) in [7, 11) is -0.0790. The second kappa shape index (κ2) is 6.81. The number of hydrogen-bond donors (Lipinski definition) is 0. The van der Waals surface area contributed by atoms with Gasteiger partial charge in [0.05, 0.1) is 0 Å². The zero-order valence-electron chi connectivity index (χ0n) is 13.7. The molecule has 1 fully saturated rings. The van der Waals surface area contributed by atoms with Gasteiger partial charge in [-0.05, 0) is 48.5 Å². The highest BCUT2D eigenvalue weighted by molar-refractivity contribution is 7.56. The summed E-state index contributed by atoms with van der Waals surface area (Å²) in [6.45, 7) is 6.25. The van der Waals surface area contributed by atoms with Gasteiger partial charge in [-0.3, -0.25) is 4.79 Å². The van der Waals surface area contributed by atoms with Gasteiger partial charge in [0.15, 0.2) is 0 Å². The maximum Gasteiger partial charge on any atom is 0.150 e. The molecule has 118 valence electrons. The van der Waals surface area contributed by atoms with Crippen LogP contribution >= 0.6 is 7.92 Å². The molecule has 1 unspecified atom stereocenters. The van der Waals surface area contributed by atoms with Crippen LogP contribution in [0.1, 0.15) is 39.9 Å². The van der Waals surface area contributed by atoms with Crippen molar-refractivity contribution in [1.29, 1.82) is 0 Å². The second-order valence-electron chi connectivity index (χ2n) is 6.61. The first-order valence-corrected chi connectivity index (χ1v) is 10.3. The van der Waals surface area contributed by atoms with E-state index in [0.29, 0.717) is 0 Å². The largest absolute Gasteiger partial charge is 0.298 e. The monoisotopic (exact) mass is 322 g/mol. The highest BCUT2D eigenvalue weighted by Gasteiger charge is 2.46. The summed E-state index contributed by atoms with van der Waals surface area (Å²) < 4.78 is 0. The summed E-state index contributed by atoms with van der Waals surface area (Å²) >= 11 is 0. The standard InChI is InChI=1S/C21H23OP/c1-3-17-9-10-19(14-22)20(13-17)21(11-12-21)16-23(2)15-18-7-5-4-6-8-18/h3-10,13-14H,1,11-12,15-16H2,2H3. The molecule has 1 atom stereocenters. The van der Waals surface area contributed by atoms with Crippen molar-refractivity contribution in [3.63, 3.8) is 0 Å². The van der Waals surface area contributed by atoms with Crippen LogP contribution in [-0.4, -0.2) is 19.1 Å². The molecule has 0 bridgehead atoms. The highest BCUT2D eigenvalue weighted by atomic mass is 31.1. The molecule has 0 amide bonds. The van der Waals surface area contributed by atoms with E-state index >= 15 is 0 Å². The van der Waals surface area contributed by atoms with Crippen molar-refractivity contribution in [2.75, 3.05) is 12.8 Å². The van der Waals surface area contributed by atoms with E-state index < -0.39 is 0 Å². The lowest BCUT2D eigenvalue weighted by Gasteiger charge is -2.23. The number of hydrogen-bond acceptors (Lipinski definition) is 1. The fraction of sp³-hybridized carbons (Fsp3) is 0.286. The summed E-state index contributed by atoms with van der Waals surface area (Å²) in [6, 6.07) is 16.8. The molecule has 0 N–H and O–H groups in total. The van der Waals surface area contributed by atoms with Gasteiger partial charge in [0, 0.05) is 11.0 Å². The second-order valence-corrected chi connectivity index (χ2v) is 8.95. The Morgan fingerprint density at radius 2 is 1.91 bits per heavy atom. The lowest BCUT2D eigenvalue weighted by molar-refractivity contribution is 0.112. The highest BCUT2D eigenvalue weighted by Crippen LogP contribution is 2.56. The molecule has 0 radical (unpaired) electrons. The summed E-state index contributed by atoms with van der Waals surface area (Å²) in [5.74, 6) is 0. The van der Waals surface area contributed by atoms with Gasteiger partial charge in [0.25, 0.3) is 0 Å². The molecule has 1 aliphatic carbocycles. The third kappa shape index (κ3) is 3.62. The van der Waals surface area contributed by atoms with E-state index in [0.717, 1.165) is 23.6 Å². The van der Waals surface area contributed by atoms with Crippen molar-refractivity contribution in [3.8, 4) is 0 Å². The Kier molecular flexibility index (Phi) is 4.78. The Hall–Kier alpha value is -1.72. The molecule has 2 aromatic carbocycles. The molecular formula is C21H23OP. The number of aldehydes is 1. The van der Waals surface area contributed by atoms with Gasteiger partial charge in [0.1, 0.15) is 6.29 Å². The van der Waals surface area contributed by atoms with Crippen LogP contribution in [-0.2, 0) is 11.6 Å². The molecule has 2 heteroatoms. The van der Waals surface area contributed by atoms with Crippen LogP contribution in [0.3, 0.4) is 0 Å². The van der Waals surface area contributed by atoms with Crippen LogP contribution in [0.25, 0.3) is 6.08 Å². The Morgan fingerprint density at radius 3 is 2.52 bits per heavy atom. The number of benzene rings is 2. The van der Waals surface area contributed by atoms with E-state index in [1.807, 2.05) is 18.2 Å². The zero-order chi connectivity index (χ0) is 16.3. The molecule has 0 heterocycles. The molecule has 1 nitrogen and oxygen atoms in total. The van der Waals surface area contributed by atoms with Crippen LogP contribution in [0.4, 0.5) is 0 Å². The van der Waals surface area contributed by atoms with E-state index in [4.69, 9.17) is 0 Å². The average Bonchev–Trinajstić information content (AvgIpc) is 3.35. The Bertz CT molecular complexity index is 701. The van der Waals surface area contributed by atoms with E-state index in [2.05, 4.69) is 49.6 Å². The summed E-state index contributed by atoms with van der Waals surface area (Å²) in [6.07, 6.45) is 7.66. The first kappa shape index (κ1) is 16.1. The van der Waals surface area contributed by atoms with Crippen LogP contribution in [0, 0.1) is 0 Å². The Morgan fingerprint density at radius 1 is 1.17 bits per heavy atom. The fourth-order valence-corrected chi connectivity index (χ4v) is 5.86. The number of carbonyl (C=O) groups is 1. The van der Waals surface area contributed by atoms with Crippen LogP contribution in [0.2, 0.25) is 0 Å². The van der Waals surface area contributed by atoms with Crippen molar-refractivity contribution >= 4 is 20.3 Å². The van der Waals surface area contributed by atoms with Gasteiger partial charge in [0.2, 0.25) is 0 Å². The number of rotatable bonds is 7. The maximum atomic E-state index is 11.5.